The summed E-state index contributed by atoms with van der Waals surface area (Å²) < 4.78 is 32.9. The van der Waals surface area contributed by atoms with Crippen LogP contribution in [0.1, 0.15) is 21.7 Å². The average Bonchev–Trinajstić information content (AvgIpc) is 3.29. The minimum Gasteiger partial charge on any atom is -0.467 e. The van der Waals surface area contributed by atoms with Gasteiger partial charge in [0.2, 0.25) is 15.9 Å². The molecule has 10 heteroatoms. The molecule has 0 aliphatic heterocycles. The second-order valence-electron chi connectivity index (χ2n) is 6.49. The molecule has 162 valence electrons. The maximum Gasteiger partial charge on any atom is 0.251 e. The molecular formula is C21H20ClN3O5S. The highest BCUT2D eigenvalue weighted by Crippen LogP contribution is 2.23. The molecule has 0 spiro atoms. The van der Waals surface area contributed by atoms with E-state index in [1.807, 2.05) is 6.07 Å². The molecule has 0 bridgehead atoms. The number of rotatable bonds is 9. The molecule has 1 heterocycles. The van der Waals surface area contributed by atoms with E-state index in [0.717, 1.165) is 5.56 Å². The number of hydrogen-bond donors (Lipinski definition) is 3. The van der Waals surface area contributed by atoms with E-state index in [1.165, 1.54) is 24.5 Å². The lowest BCUT2D eigenvalue weighted by molar-refractivity contribution is -0.120. The number of carbonyl (C=O) groups excluding carboxylic acids is 2. The highest BCUT2D eigenvalue weighted by atomic mass is 35.5. The summed E-state index contributed by atoms with van der Waals surface area (Å²) >= 11 is 6.06. The molecule has 0 unspecified atom stereocenters. The molecule has 1 aromatic heterocycles. The van der Waals surface area contributed by atoms with Crippen LogP contribution in [-0.4, -0.2) is 26.8 Å². The number of sulfonamides is 1. The lowest BCUT2D eigenvalue weighted by Crippen LogP contribution is -2.36. The molecule has 8 nitrogen and oxygen atoms in total. The van der Waals surface area contributed by atoms with Crippen LogP contribution in [0.25, 0.3) is 0 Å². The summed E-state index contributed by atoms with van der Waals surface area (Å²) in [5.74, 6) is -0.448. The smallest absolute Gasteiger partial charge is 0.251 e. The highest BCUT2D eigenvalue weighted by molar-refractivity contribution is 7.89. The van der Waals surface area contributed by atoms with Crippen molar-refractivity contribution in [3.63, 3.8) is 0 Å². The van der Waals surface area contributed by atoms with Crippen molar-refractivity contribution in [2.75, 3.05) is 6.54 Å². The van der Waals surface area contributed by atoms with E-state index in [-0.39, 0.29) is 35.1 Å². The monoisotopic (exact) mass is 461 g/mol. The fraction of sp³-hybridized carbons (Fsp3) is 0.143. The molecule has 0 saturated heterocycles. The number of benzene rings is 2. The van der Waals surface area contributed by atoms with Gasteiger partial charge >= 0.3 is 0 Å². The van der Waals surface area contributed by atoms with E-state index in [9.17, 15) is 18.0 Å². The Morgan fingerprint density at radius 3 is 2.42 bits per heavy atom. The number of halogens is 1. The van der Waals surface area contributed by atoms with Crippen LogP contribution in [0.5, 0.6) is 0 Å². The summed E-state index contributed by atoms with van der Waals surface area (Å²) in [5.41, 5.74) is 0.833. The van der Waals surface area contributed by atoms with Crippen LogP contribution in [0, 0.1) is 0 Å². The molecule has 0 saturated carbocycles. The van der Waals surface area contributed by atoms with Crippen molar-refractivity contribution < 1.29 is 22.4 Å². The van der Waals surface area contributed by atoms with Gasteiger partial charge in [-0.25, -0.2) is 13.1 Å². The van der Waals surface area contributed by atoms with Crippen molar-refractivity contribution in [3.05, 3.63) is 88.8 Å². The molecule has 31 heavy (non-hydrogen) atoms. The number of carbonyl (C=O) groups is 2. The molecule has 2 amide bonds. The van der Waals surface area contributed by atoms with Gasteiger partial charge in [-0.05, 0) is 35.9 Å². The maximum atomic E-state index is 12.7. The second kappa shape index (κ2) is 10.3. The van der Waals surface area contributed by atoms with Gasteiger partial charge in [0.1, 0.15) is 10.7 Å². The molecule has 0 aliphatic carbocycles. The van der Waals surface area contributed by atoms with E-state index in [2.05, 4.69) is 15.4 Å². The van der Waals surface area contributed by atoms with Crippen LogP contribution in [0.2, 0.25) is 5.02 Å². The summed E-state index contributed by atoms with van der Waals surface area (Å²) in [5, 5.41) is 5.02. The summed E-state index contributed by atoms with van der Waals surface area (Å²) in [6.07, 6.45) is 1.49. The first kappa shape index (κ1) is 22.5. The summed E-state index contributed by atoms with van der Waals surface area (Å²) in [7, 11) is -3.96. The van der Waals surface area contributed by atoms with E-state index in [1.54, 1.807) is 36.4 Å². The standard InChI is InChI=1S/C21H20ClN3O5S/c22-18-9-8-16(21(27)24-14-20(26)23-13-17-7-4-10-30-17)11-19(18)31(28,29)25-12-15-5-2-1-3-6-15/h1-11,25H,12-14H2,(H,23,26)(H,24,27). The molecule has 0 radical (unpaired) electrons. The van der Waals surface area contributed by atoms with Crippen LogP contribution in [0.4, 0.5) is 0 Å². The summed E-state index contributed by atoms with van der Waals surface area (Å²) in [4.78, 5) is 24.0. The van der Waals surface area contributed by atoms with E-state index in [0.29, 0.717) is 5.76 Å². The van der Waals surface area contributed by atoms with Crippen molar-refractivity contribution in [2.24, 2.45) is 0 Å². The third-order valence-electron chi connectivity index (χ3n) is 4.24. The number of amides is 2. The molecular weight excluding hydrogens is 442 g/mol. The topological polar surface area (TPSA) is 118 Å². The first-order valence-corrected chi connectivity index (χ1v) is 11.1. The molecule has 3 aromatic rings. The Bertz CT molecular complexity index is 1150. The van der Waals surface area contributed by atoms with E-state index >= 15 is 0 Å². The van der Waals surface area contributed by atoms with Gasteiger partial charge < -0.3 is 15.1 Å². The van der Waals surface area contributed by atoms with Crippen LogP contribution in [-0.2, 0) is 27.9 Å². The van der Waals surface area contributed by atoms with Crippen molar-refractivity contribution in [1.82, 2.24) is 15.4 Å². The SMILES string of the molecule is O=C(CNC(=O)c1ccc(Cl)c(S(=O)(=O)NCc2ccccc2)c1)NCc1ccco1. The summed E-state index contributed by atoms with van der Waals surface area (Å²) in [6.45, 7) is -0.0135. The molecule has 3 N–H and O–H groups in total. The third-order valence-corrected chi connectivity index (χ3v) is 6.12. The number of hydrogen-bond acceptors (Lipinski definition) is 5. The fourth-order valence-corrected chi connectivity index (χ4v) is 4.17. The van der Waals surface area contributed by atoms with Crippen LogP contribution in [0.15, 0.2) is 76.2 Å². The zero-order valence-corrected chi connectivity index (χ0v) is 17.9. The van der Waals surface area contributed by atoms with Gasteiger partial charge in [-0.2, -0.15) is 0 Å². The Hall–Kier alpha value is -3.14. The fourth-order valence-electron chi connectivity index (χ4n) is 2.63. The van der Waals surface area contributed by atoms with Gasteiger partial charge in [0.15, 0.2) is 0 Å². The van der Waals surface area contributed by atoms with Gasteiger partial charge in [0.05, 0.1) is 24.4 Å². The quantitative estimate of drug-likeness (QED) is 0.452. The first-order chi connectivity index (χ1) is 14.8. The second-order valence-corrected chi connectivity index (χ2v) is 8.64. The maximum absolute atomic E-state index is 12.7. The number of furan rings is 1. The van der Waals surface area contributed by atoms with Gasteiger partial charge in [-0.1, -0.05) is 41.9 Å². The van der Waals surface area contributed by atoms with Crippen molar-refractivity contribution in [2.45, 2.75) is 18.0 Å². The molecule has 2 aromatic carbocycles. The normalized spacial score (nSPS) is 11.1. The van der Waals surface area contributed by atoms with E-state index in [4.69, 9.17) is 16.0 Å². The molecule has 3 rings (SSSR count). The zero-order chi connectivity index (χ0) is 22.3. The van der Waals surface area contributed by atoms with Crippen LogP contribution in [0.3, 0.4) is 0 Å². The molecule has 0 aliphatic rings. The van der Waals surface area contributed by atoms with Crippen LogP contribution < -0.4 is 15.4 Å². The number of nitrogens with one attached hydrogen (secondary N) is 3. The largest absolute Gasteiger partial charge is 0.467 e. The van der Waals surface area contributed by atoms with Crippen molar-refractivity contribution in [1.29, 1.82) is 0 Å². The Morgan fingerprint density at radius 1 is 0.935 bits per heavy atom. The Kier molecular flexibility index (Phi) is 7.45. The first-order valence-electron chi connectivity index (χ1n) is 9.25. The Balaban J connectivity index is 1.61. The predicted octanol–water partition coefficient (Wildman–Crippen LogP) is 2.46. The summed E-state index contributed by atoms with van der Waals surface area (Å²) in [6, 6.07) is 16.3. The minimum absolute atomic E-state index is 0.0201. The Morgan fingerprint density at radius 2 is 1.71 bits per heavy atom. The highest BCUT2D eigenvalue weighted by Gasteiger charge is 2.20. The average molecular weight is 462 g/mol. The predicted molar refractivity (Wildman–Crippen MR) is 115 cm³/mol. The van der Waals surface area contributed by atoms with Gasteiger partial charge in [-0.15, -0.1) is 0 Å². The minimum atomic E-state index is -3.96. The molecule has 0 atom stereocenters. The van der Waals surface area contributed by atoms with Gasteiger partial charge in [-0.3, -0.25) is 9.59 Å². The van der Waals surface area contributed by atoms with Gasteiger partial charge in [0, 0.05) is 12.1 Å². The lowest BCUT2D eigenvalue weighted by Gasteiger charge is -2.11. The third kappa shape index (κ3) is 6.42. The van der Waals surface area contributed by atoms with E-state index < -0.39 is 21.8 Å². The molecule has 0 fully saturated rings. The van der Waals surface area contributed by atoms with Crippen molar-refractivity contribution in [3.8, 4) is 0 Å². The van der Waals surface area contributed by atoms with Crippen molar-refractivity contribution >= 4 is 33.4 Å². The van der Waals surface area contributed by atoms with Gasteiger partial charge in [0.25, 0.3) is 5.91 Å². The lowest BCUT2D eigenvalue weighted by atomic mass is 10.2. The zero-order valence-electron chi connectivity index (χ0n) is 16.3. The Labute approximate surface area is 184 Å². The van der Waals surface area contributed by atoms with Crippen LogP contribution >= 0.6 is 11.6 Å².